The zero-order chi connectivity index (χ0) is 13.7. The van der Waals surface area contributed by atoms with E-state index >= 15 is 0 Å². The van der Waals surface area contributed by atoms with Gasteiger partial charge in [-0.1, -0.05) is 6.92 Å². The van der Waals surface area contributed by atoms with Crippen LogP contribution in [0.25, 0.3) is 0 Å². The first kappa shape index (κ1) is 14.5. The van der Waals surface area contributed by atoms with Crippen molar-refractivity contribution < 1.29 is 9.90 Å². The lowest BCUT2D eigenvalue weighted by Crippen LogP contribution is -2.42. The highest BCUT2D eigenvalue weighted by Crippen LogP contribution is 2.18. The maximum atomic E-state index is 11.0. The minimum atomic E-state index is -0.815. The summed E-state index contributed by atoms with van der Waals surface area (Å²) in [7, 11) is 0. The molecule has 0 amide bonds. The van der Waals surface area contributed by atoms with Crippen molar-refractivity contribution in [3.05, 3.63) is 21.9 Å². The number of likely N-dealkylation sites (tertiary alicyclic amines) is 1. The number of nitrogens with zero attached hydrogens (tertiary/aromatic N) is 1. The van der Waals surface area contributed by atoms with Crippen molar-refractivity contribution in [2.45, 2.75) is 38.8 Å². The zero-order valence-corrected chi connectivity index (χ0v) is 12.2. The number of nitrogens with one attached hydrogen (secondary N) is 1. The summed E-state index contributed by atoms with van der Waals surface area (Å²) in [5, 5.41) is 14.4. The van der Waals surface area contributed by atoms with Crippen LogP contribution in [0.2, 0.25) is 0 Å². The molecule has 0 bridgehead atoms. The number of carboxylic acids is 1. The molecule has 0 saturated carbocycles. The standard InChI is InChI=1S/C14H22N2O2S/c1-2-6-16-7-3-12(4-8-16)15-10-11-5-9-19-13(11)14(17)18/h5,9,12,15H,2-4,6-8,10H2,1H3,(H,17,18). The van der Waals surface area contributed by atoms with Crippen LogP contribution in [0, 0.1) is 0 Å². The summed E-state index contributed by atoms with van der Waals surface area (Å²) in [6.45, 7) is 6.39. The molecule has 2 N–H and O–H groups in total. The molecular weight excluding hydrogens is 260 g/mol. The van der Waals surface area contributed by atoms with Crippen LogP contribution in [0.5, 0.6) is 0 Å². The van der Waals surface area contributed by atoms with Gasteiger partial charge in [0.1, 0.15) is 4.88 Å². The Bertz CT molecular complexity index is 411. The molecule has 1 aliphatic rings. The number of carbonyl (C=O) groups is 1. The van der Waals surface area contributed by atoms with Crippen molar-refractivity contribution in [3.8, 4) is 0 Å². The Balaban J connectivity index is 1.77. The predicted octanol–water partition coefficient (Wildman–Crippen LogP) is 2.41. The van der Waals surface area contributed by atoms with Crippen LogP contribution >= 0.6 is 11.3 Å². The highest BCUT2D eigenvalue weighted by Gasteiger charge is 2.19. The minimum Gasteiger partial charge on any atom is -0.477 e. The van der Waals surface area contributed by atoms with E-state index in [-0.39, 0.29) is 0 Å². The van der Waals surface area contributed by atoms with Gasteiger partial charge < -0.3 is 15.3 Å². The normalized spacial score (nSPS) is 17.7. The maximum absolute atomic E-state index is 11.0. The number of piperidine rings is 1. The first-order chi connectivity index (χ1) is 9.20. The van der Waals surface area contributed by atoms with Gasteiger partial charge in [0.25, 0.3) is 0 Å². The lowest BCUT2D eigenvalue weighted by Gasteiger charge is -2.32. The average molecular weight is 282 g/mol. The molecule has 0 radical (unpaired) electrons. The average Bonchev–Trinajstić information content (AvgIpc) is 2.87. The van der Waals surface area contributed by atoms with Gasteiger partial charge in [-0.2, -0.15) is 0 Å². The van der Waals surface area contributed by atoms with Gasteiger partial charge in [0.2, 0.25) is 0 Å². The molecule has 0 unspecified atom stereocenters. The topological polar surface area (TPSA) is 52.6 Å². The fourth-order valence-corrected chi connectivity index (χ4v) is 3.35. The van der Waals surface area contributed by atoms with E-state index in [0.29, 0.717) is 17.5 Å². The Morgan fingerprint density at radius 2 is 2.26 bits per heavy atom. The molecule has 1 fully saturated rings. The molecule has 2 rings (SSSR count). The molecule has 1 aromatic rings. The lowest BCUT2D eigenvalue weighted by molar-refractivity contribution is 0.0701. The van der Waals surface area contributed by atoms with Crippen molar-refractivity contribution in [3.63, 3.8) is 0 Å². The third kappa shape index (κ3) is 4.03. The van der Waals surface area contributed by atoms with E-state index in [9.17, 15) is 4.79 Å². The Kier molecular flexibility index (Phi) is 5.36. The lowest BCUT2D eigenvalue weighted by atomic mass is 10.0. The molecule has 19 heavy (non-hydrogen) atoms. The van der Waals surface area contributed by atoms with Gasteiger partial charge in [0.15, 0.2) is 0 Å². The first-order valence-corrected chi connectivity index (χ1v) is 7.84. The highest BCUT2D eigenvalue weighted by molar-refractivity contribution is 7.12. The van der Waals surface area contributed by atoms with E-state index in [1.54, 1.807) is 0 Å². The van der Waals surface area contributed by atoms with E-state index < -0.39 is 5.97 Å². The van der Waals surface area contributed by atoms with E-state index in [1.807, 2.05) is 11.4 Å². The summed E-state index contributed by atoms with van der Waals surface area (Å²) in [5.74, 6) is -0.815. The van der Waals surface area contributed by atoms with Crippen molar-refractivity contribution >= 4 is 17.3 Å². The summed E-state index contributed by atoms with van der Waals surface area (Å²) < 4.78 is 0. The van der Waals surface area contributed by atoms with E-state index in [0.717, 1.165) is 31.5 Å². The number of hydrogen-bond donors (Lipinski definition) is 2. The van der Waals surface area contributed by atoms with Gasteiger partial charge in [-0.15, -0.1) is 11.3 Å². The third-order valence-electron chi connectivity index (χ3n) is 3.65. The van der Waals surface area contributed by atoms with Crippen molar-refractivity contribution in [2.75, 3.05) is 19.6 Å². The Hall–Kier alpha value is -0.910. The van der Waals surface area contributed by atoms with Gasteiger partial charge in [-0.25, -0.2) is 4.79 Å². The van der Waals surface area contributed by atoms with Gasteiger partial charge in [-0.05, 0) is 55.9 Å². The number of hydrogen-bond acceptors (Lipinski definition) is 4. The Morgan fingerprint density at radius 3 is 2.89 bits per heavy atom. The van der Waals surface area contributed by atoms with Crippen molar-refractivity contribution in [1.29, 1.82) is 0 Å². The van der Waals surface area contributed by atoms with E-state index in [2.05, 4.69) is 17.1 Å². The molecule has 106 valence electrons. The maximum Gasteiger partial charge on any atom is 0.346 e. The fourth-order valence-electron chi connectivity index (χ4n) is 2.59. The number of rotatable bonds is 6. The summed E-state index contributed by atoms with van der Waals surface area (Å²) in [6, 6.07) is 2.43. The summed E-state index contributed by atoms with van der Waals surface area (Å²) in [6.07, 6.45) is 3.54. The molecule has 0 aromatic carbocycles. The first-order valence-electron chi connectivity index (χ1n) is 6.96. The molecule has 5 heteroatoms. The van der Waals surface area contributed by atoms with Crippen molar-refractivity contribution in [1.82, 2.24) is 10.2 Å². The SMILES string of the molecule is CCCN1CCC(NCc2ccsc2C(=O)O)CC1. The Labute approximate surface area is 118 Å². The predicted molar refractivity (Wildman–Crippen MR) is 77.9 cm³/mol. The fraction of sp³-hybridized carbons (Fsp3) is 0.643. The van der Waals surface area contributed by atoms with Crippen LogP contribution in [0.15, 0.2) is 11.4 Å². The van der Waals surface area contributed by atoms with Crippen molar-refractivity contribution in [2.24, 2.45) is 0 Å². The number of aromatic carboxylic acids is 1. The van der Waals surface area contributed by atoms with Crippen LogP contribution in [-0.2, 0) is 6.54 Å². The number of carboxylic acid groups (broad SMARTS) is 1. The van der Waals surface area contributed by atoms with E-state index in [1.165, 1.54) is 24.3 Å². The quantitative estimate of drug-likeness (QED) is 0.841. The second-order valence-electron chi connectivity index (χ2n) is 5.08. The second-order valence-corrected chi connectivity index (χ2v) is 5.99. The summed E-state index contributed by atoms with van der Waals surface area (Å²) in [5.41, 5.74) is 0.911. The highest BCUT2D eigenvalue weighted by atomic mass is 32.1. The van der Waals surface area contributed by atoms with Crippen LogP contribution in [0.4, 0.5) is 0 Å². The van der Waals surface area contributed by atoms with Gasteiger partial charge in [0, 0.05) is 12.6 Å². The minimum absolute atomic E-state index is 0.468. The van der Waals surface area contributed by atoms with Gasteiger partial charge >= 0.3 is 5.97 Å². The molecule has 0 aliphatic carbocycles. The molecule has 4 nitrogen and oxygen atoms in total. The number of thiophene rings is 1. The molecular formula is C14H22N2O2S. The largest absolute Gasteiger partial charge is 0.477 e. The monoisotopic (exact) mass is 282 g/mol. The van der Waals surface area contributed by atoms with Gasteiger partial charge in [-0.3, -0.25) is 0 Å². The molecule has 1 saturated heterocycles. The van der Waals surface area contributed by atoms with Gasteiger partial charge in [0.05, 0.1) is 0 Å². The van der Waals surface area contributed by atoms with Crippen LogP contribution in [0.3, 0.4) is 0 Å². The second kappa shape index (κ2) is 7.03. The summed E-state index contributed by atoms with van der Waals surface area (Å²) in [4.78, 5) is 14.0. The van der Waals surface area contributed by atoms with Crippen LogP contribution < -0.4 is 5.32 Å². The van der Waals surface area contributed by atoms with E-state index in [4.69, 9.17) is 5.11 Å². The van der Waals surface area contributed by atoms with Crippen LogP contribution in [0.1, 0.15) is 41.4 Å². The molecule has 1 aromatic heterocycles. The molecule has 0 atom stereocenters. The third-order valence-corrected chi connectivity index (χ3v) is 4.59. The molecule has 1 aliphatic heterocycles. The smallest absolute Gasteiger partial charge is 0.346 e. The Morgan fingerprint density at radius 1 is 1.53 bits per heavy atom. The zero-order valence-electron chi connectivity index (χ0n) is 11.4. The summed E-state index contributed by atoms with van der Waals surface area (Å²) >= 11 is 1.30. The van der Waals surface area contributed by atoms with Crippen LogP contribution in [-0.4, -0.2) is 41.7 Å². The molecule has 2 heterocycles. The molecule has 0 spiro atoms.